The fourth-order valence-electron chi connectivity index (χ4n) is 2.02. The molecule has 1 aromatic carbocycles. The van der Waals surface area contributed by atoms with E-state index >= 15 is 0 Å². The number of nitrogens with one attached hydrogen (secondary N) is 1. The van der Waals surface area contributed by atoms with Gasteiger partial charge in [0.15, 0.2) is 0 Å². The van der Waals surface area contributed by atoms with Crippen LogP contribution in [0.2, 0.25) is 5.02 Å². The first-order valence-corrected chi connectivity index (χ1v) is 7.00. The van der Waals surface area contributed by atoms with Gasteiger partial charge in [0.2, 0.25) is 0 Å². The predicted octanol–water partition coefficient (Wildman–Crippen LogP) is 4.55. The average molecular weight is 303 g/mol. The van der Waals surface area contributed by atoms with Crippen LogP contribution in [0.3, 0.4) is 0 Å². The lowest BCUT2D eigenvalue weighted by Crippen LogP contribution is -2.16. The van der Waals surface area contributed by atoms with Crippen LogP contribution in [-0.2, 0) is 0 Å². The van der Waals surface area contributed by atoms with Gasteiger partial charge >= 0.3 is 0 Å². The van der Waals surface area contributed by atoms with Crippen molar-refractivity contribution in [2.24, 2.45) is 5.92 Å². The van der Waals surface area contributed by atoms with Gasteiger partial charge in [0, 0.05) is 10.5 Å². The first kappa shape index (κ1) is 12.4. The highest BCUT2D eigenvalue weighted by atomic mass is 79.9. The summed E-state index contributed by atoms with van der Waals surface area (Å²) in [5.41, 5.74) is 1.32. The number of halogens is 2. The molecule has 1 aliphatic rings. The van der Waals surface area contributed by atoms with Crippen molar-refractivity contribution in [3.05, 3.63) is 33.3 Å². The smallest absolute Gasteiger partial charge is 0.0548 e. The van der Waals surface area contributed by atoms with E-state index in [1.807, 2.05) is 13.1 Å². The molecular formula is C13H17BrClN. The minimum Gasteiger partial charge on any atom is -0.313 e. The Kier molecular flexibility index (Phi) is 4.28. The fraction of sp³-hybridized carbons (Fsp3) is 0.538. The summed E-state index contributed by atoms with van der Waals surface area (Å²) in [6.07, 6.45) is 5.42. The molecule has 0 radical (unpaired) electrons. The Balaban J connectivity index is 2.02. The van der Waals surface area contributed by atoms with Gasteiger partial charge in [-0.2, -0.15) is 0 Å². The molecule has 0 heterocycles. The Bertz CT molecular complexity index is 363. The predicted molar refractivity (Wildman–Crippen MR) is 72.9 cm³/mol. The molecule has 0 bridgehead atoms. The number of benzene rings is 1. The molecule has 1 aliphatic carbocycles. The highest BCUT2D eigenvalue weighted by Crippen LogP contribution is 2.36. The van der Waals surface area contributed by atoms with Crippen LogP contribution in [0.5, 0.6) is 0 Å². The molecule has 2 rings (SSSR count). The molecule has 1 aromatic rings. The molecule has 16 heavy (non-hydrogen) atoms. The first-order chi connectivity index (χ1) is 7.70. The Hall–Kier alpha value is -0.0500. The highest BCUT2D eigenvalue weighted by molar-refractivity contribution is 9.10. The third-order valence-corrected chi connectivity index (χ3v) is 4.47. The molecule has 0 saturated heterocycles. The van der Waals surface area contributed by atoms with Gasteiger partial charge in [0.25, 0.3) is 0 Å². The van der Waals surface area contributed by atoms with Crippen molar-refractivity contribution in [3.8, 4) is 0 Å². The average Bonchev–Trinajstić information content (AvgIpc) is 3.08. The van der Waals surface area contributed by atoms with Crippen LogP contribution in [-0.4, -0.2) is 7.05 Å². The van der Waals surface area contributed by atoms with Gasteiger partial charge in [-0.05, 0) is 59.4 Å². The molecule has 0 aliphatic heterocycles. The van der Waals surface area contributed by atoms with E-state index < -0.39 is 0 Å². The van der Waals surface area contributed by atoms with E-state index in [4.69, 9.17) is 11.6 Å². The van der Waals surface area contributed by atoms with Crippen LogP contribution < -0.4 is 5.32 Å². The topological polar surface area (TPSA) is 12.0 Å². The normalized spacial score (nSPS) is 17.4. The van der Waals surface area contributed by atoms with Crippen molar-refractivity contribution in [2.45, 2.75) is 31.7 Å². The summed E-state index contributed by atoms with van der Waals surface area (Å²) in [6.45, 7) is 0. The summed E-state index contributed by atoms with van der Waals surface area (Å²) in [5.74, 6) is 0.992. The number of rotatable bonds is 5. The molecule has 88 valence electrons. The molecule has 1 unspecified atom stereocenters. The van der Waals surface area contributed by atoms with E-state index in [0.717, 1.165) is 15.4 Å². The standard InChI is InChI=1S/C13H17BrClN/c1-16-13(7-4-9-2-3-9)10-5-6-12(15)11(14)8-10/h5-6,8-9,13,16H,2-4,7H2,1H3. The van der Waals surface area contributed by atoms with Crippen molar-refractivity contribution in [3.63, 3.8) is 0 Å². The maximum Gasteiger partial charge on any atom is 0.0548 e. The second-order valence-corrected chi connectivity index (χ2v) is 5.80. The third kappa shape index (κ3) is 3.22. The Morgan fingerprint density at radius 2 is 2.25 bits per heavy atom. The van der Waals surface area contributed by atoms with E-state index in [1.54, 1.807) is 0 Å². The van der Waals surface area contributed by atoms with Crippen molar-refractivity contribution < 1.29 is 0 Å². The molecular weight excluding hydrogens is 286 g/mol. The van der Waals surface area contributed by atoms with Crippen molar-refractivity contribution in [1.29, 1.82) is 0 Å². The lowest BCUT2D eigenvalue weighted by Gasteiger charge is -2.17. The van der Waals surface area contributed by atoms with Crippen molar-refractivity contribution >= 4 is 27.5 Å². The minimum atomic E-state index is 0.453. The Labute approximate surface area is 111 Å². The molecule has 1 N–H and O–H groups in total. The summed E-state index contributed by atoms with van der Waals surface area (Å²) in [6, 6.07) is 6.65. The molecule has 0 spiro atoms. The van der Waals surface area contributed by atoms with Gasteiger partial charge in [-0.1, -0.05) is 30.5 Å². The van der Waals surface area contributed by atoms with Crippen LogP contribution in [0.1, 0.15) is 37.3 Å². The summed E-state index contributed by atoms with van der Waals surface area (Å²) >= 11 is 9.47. The van der Waals surface area contributed by atoms with E-state index in [-0.39, 0.29) is 0 Å². The third-order valence-electron chi connectivity index (χ3n) is 3.26. The molecule has 1 atom stereocenters. The van der Waals surface area contributed by atoms with Crippen LogP contribution in [0.25, 0.3) is 0 Å². The maximum absolute atomic E-state index is 6.00. The molecule has 3 heteroatoms. The van der Waals surface area contributed by atoms with E-state index in [0.29, 0.717) is 6.04 Å². The van der Waals surface area contributed by atoms with Gasteiger partial charge in [0.05, 0.1) is 5.02 Å². The van der Waals surface area contributed by atoms with Crippen LogP contribution in [0.15, 0.2) is 22.7 Å². The zero-order valence-electron chi connectivity index (χ0n) is 9.47. The monoisotopic (exact) mass is 301 g/mol. The largest absolute Gasteiger partial charge is 0.313 e. The van der Waals surface area contributed by atoms with E-state index in [1.165, 1.54) is 31.2 Å². The summed E-state index contributed by atoms with van der Waals surface area (Å²) in [7, 11) is 2.03. The Morgan fingerprint density at radius 1 is 1.50 bits per heavy atom. The maximum atomic E-state index is 6.00. The lowest BCUT2D eigenvalue weighted by molar-refractivity contribution is 0.506. The molecule has 0 amide bonds. The number of hydrogen-bond donors (Lipinski definition) is 1. The zero-order valence-corrected chi connectivity index (χ0v) is 11.8. The van der Waals surface area contributed by atoms with Gasteiger partial charge in [-0.25, -0.2) is 0 Å². The number of hydrogen-bond acceptors (Lipinski definition) is 1. The van der Waals surface area contributed by atoms with Gasteiger partial charge in [-0.15, -0.1) is 0 Å². The molecule has 1 nitrogen and oxygen atoms in total. The van der Waals surface area contributed by atoms with Crippen molar-refractivity contribution in [2.75, 3.05) is 7.05 Å². The molecule has 1 fully saturated rings. The lowest BCUT2D eigenvalue weighted by atomic mass is 10.0. The zero-order chi connectivity index (χ0) is 11.5. The van der Waals surface area contributed by atoms with Gasteiger partial charge in [0.1, 0.15) is 0 Å². The van der Waals surface area contributed by atoms with Crippen LogP contribution in [0, 0.1) is 5.92 Å². The quantitative estimate of drug-likeness (QED) is 0.841. The summed E-state index contributed by atoms with van der Waals surface area (Å²) in [4.78, 5) is 0. The SMILES string of the molecule is CNC(CCC1CC1)c1ccc(Cl)c(Br)c1. The minimum absolute atomic E-state index is 0.453. The van der Waals surface area contributed by atoms with Gasteiger partial charge in [-0.3, -0.25) is 0 Å². The summed E-state index contributed by atoms with van der Waals surface area (Å²) < 4.78 is 0.985. The van der Waals surface area contributed by atoms with Crippen molar-refractivity contribution in [1.82, 2.24) is 5.32 Å². The van der Waals surface area contributed by atoms with Crippen LogP contribution in [0.4, 0.5) is 0 Å². The highest BCUT2D eigenvalue weighted by Gasteiger charge is 2.22. The van der Waals surface area contributed by atoms with E-state index in [9.17, 15) is 0 Å². The second-order valence-electron chi connectivity index (χ2n) is 4.54. The fourth-order valence-corrected chi connectivity index (χ4v) is 2.53. The van der Waals surface area contributed by atoms with Crippen LogP contribution >= 0.6 is 27.5 Å². The second kappa shape index (κ2) is 5.52. The first-order valence-electron chi connectivity index (χ1n) is 5.83. The Morgan fingerprint density at radius 3 is 2.81 bits per heavy atom. The molecule has 1 saturated carbocycles. The molecule has 0 aromatic heterocycles. The summed E-state index contributed by atoms with van der Waals surface area (Å²) in [5, 5.41) is 4.16. The van der Waals surface area contributed by atoms with E-state index in [2.05, 4.69) is 33.4 Å². The van der Waals surface area contributed by atoms with Gasteiger partial charge < -0.3 is 5.32 Å².